The summed E-state index contributed by atoms with van der Waals surface area (Å²) in [6.45, 7) is 12.4. The van der Waals surface area contributed by atoms with Crippen LogP contribution in [-0.4, -0.2) is 0 Å². The van der Waals surface area contributed by atoms with Crippen molar-refractivity contribution in [2.75, 3.05) is 0 Å². The number of halogens is 2. The van der Waals surface area contributed by atoms with Gasteiger partial charge in [-0.3, -0.25) is 0 Å². The molecule has 0 N–H and O–H groups in total. The molecular weight excluding hydrogens is 302 g/mol. The molecule has 1 aromatic rings. The monoisotopic (exact) mass is 322 g/mol. The van der Waals surface area contributed by atoms with Crippen LogP contribution in [0.3, 0.4) is 0 Å². The van der Waals surface area contributed by atoms with Crippen molar-refractivity contribution in [2.45, 2.75) is 52.4 Å². The Bertz CT molecular complexity index is 475. The maximum absolute atomic E-state index is 11.7. The predicted octanol–water partition coefficient (Wildman–Crippen LogP) is 6.25. The van der Waals surface area contributed by atoms with Gasteiger partial charge in [0.2, 0.25) is 0 Å². The van der Waals surface area contributed by atoms with E-state index in [2.05, 4.69) is 41.5 Å². The van der Waals surface area contributed by atoms with Gasteiger partial charge in [-0.2, -0.15) is 0 Å². The van der Waals surface area contributed by atoms with Crippen LogP contribution in [0.25, 0.3) is 0 Å². The van der Waals surface area contributed by atoms with E-state index in [9.17, 15) is 4.57 Å². The summed E-state index contributed by atoms with van der Waals surface area (Å²) in [5.74, 6) is 0.538. The summed E-state index contributed by atoms with van der Waals surface area (Å²) >= 11 is 11.2. The van der Waals surface area contributed by atoms with Gasteiger partial charge >= 0.3 is 6.07 Å². The number of para-hydroxylation sites is 1. The van der Waals surface area contributed by atoms with E-state index in [1.807, 2.05) is 18.2 Å². The first-order valence-corrected chi connectivity index (χ1v) is 9.59. The van der Waals surface area contributed by atoms with E-state index in [-0.39, 0.29) is 10.8 Å². The van der Waals surface area contributed by atoms with E-state index in [1.165, 1.54) is 0 Å². The maximum atomic E-state index is 11.7. The molecule has 0 aromatic heterocycles. The van der Waals surface area contributed by atoms with Crippen molar-refractivity contribution in [2.24, 2.45) is 0 Å². The normalized spacial score (nSPS) is 13.5. The molecule has 0 radical (unpaired) electrons. The lowest BCUT2D eigenvalue weighted by molar-refractivity contribution is 0.473. The average molecular weight is 323 g/mol. The minimum absolute atomic E-state index is 0.153. The largest absolute Gasteiger partial charge is 0.428 e. The lowest BCUT2D eigenvalue weighted by atomic mass is 9.80. The molecule has 0 fully saturated rings. The van der Waals surface area contributed by atoms with Crippen LogP contribution in [0, 0.1) is 0 Å². The zero-order valence-corrected chi connectivity index (χ0v) is 14.7. The topological polar surface area (TPSA) is 26.3 Å². The molecule has 0 unspecified atom stereocenters. The van der Waals surface area contributed by atoms with Gasteiger partial charge in [0.15, 0.2) is 0 Å². The van der Waals surface area contributed by atoms with E-state index >= 15 is 0 Å². The van der Waals surface area contributed by atoms with Crippen LogP contribution in [0.15, 0.2) is 18.2 Å². The Kier molecular flexibility index (Phi) is 4.72. The molecule has 1 rings (SSSR count). The lowest BCUT2D eigenvalue weighted by Gasteiger charge is -2.29. The highest BCUT2D eigenvalue weighted by Gasteiger charge is 2.30. The fourth-order valence-electron chi connectivity index (χ4n) is 1.92. The smallest absolute Gasteiger partial charge is 0.422 e. The van der Waals surface area contributed by atoms with Crippen molar-refractivity contribution in [3.63, 3.8) is 0 Å². The summed E-state index contributed by atoms with van der Waals surface area (Å²) in [6, 6.07) is 5.88. The lowest BCUT2D eigenvalue weighted by Crippen LogP contribution is -2.18. The third kappa shape index (κ3) is 4.70. The minimum Gasteiger partial charge on any atom is -0.422 e. The van der Waals surface area contributed by atoms with Gasteiger partial charge in [0.1, 0.15) is 5.75 Å². The molecule has 0 aliphatic rings. The molecule has 2 nitrogen and oxygen atoms in total. The first kappa shape index (κ1) is 16.9. The Hall–Kier alpha value is -0.170. The Morgan fingerprint density at radius 3 is 1.58 bits per heavy atom. The summed E-state index contributed by atoms with van der Waals surface area (Å²) in [5.41, 5.74) is 1.59. The Morgan fingerprint density at radius 2 is 1.32 bits per heavy atom. The summed E-state index contributed by atoms with van der Waals surface area (Å²) in [5, 5.41) is 0. The number of benzene rings is 1. The minimum atomic E-state index is -3.64. The van der Waals surface area contributed by atoms with E-state index in [0.29, 0.717) is 5.75 Å². The van der Waals surface area contributed by atoms with Crippen molar-refractivity contribution in [1.29, 1.82) is 0 Å². The highest BCUT2D eigenvalue weighted by molar-refractivity contribution is 8.05. The average Bonchev–Trinajstić information content (AvgIpc) is 2.11. The third-order valence-electron chi connectivity index (χ3n) is 2.83. The van der Waals surface area contributed by atoms with Crippen molar-refractivity contribution in [3.05, 3.63) is 29.3 Å². The zero-order chi connectivity index (χ0) is 15.1. The second-order valence-electron chi connectivity index (χ2n) is 6.69. The molecule has 0 aliphatic heterocycles. The second kappa shape index (κ2) is 5.31. The summed E-state index contributed by atoms with van der Waals surface area (Å²) in [6.07, 6.45) is -3.64. The standard InChI is InChI=1S/C14H21Cl2O2P/c1-13(2,3)10-8-7-9-11(14(4,5)6)12(10)18-19(15,16)17/h7-9H,1-6H3. The third-order valence-corrected chi connectivity index (χ3v) is 3.64. The Labute approximate surface area is 125 Å². The summed E-state index contributed by atoms with van der Waals surface area (Å²) < 4.78 is 17.1. The van der Waals surface area contributed by atoms with Crippen LogP contribution in [0.2, 0.25) is 0 Å². The second-order valence-corrected chi connectivity index (χ2v) is 10.9. The van der Waals surface area contributed by atoms with Crippen LogP contribution in [0.1, 0.15) is 52.7 Å². The molecule has 0 aliphatic carbocycles. The van der Waals surface area contributed by atoms with Gasteiger partial charge < -0.3 is 4.52 Å². The van der Waals surface area contributed by atoms with Gasteiger partial charge in [0.25, 0.3) is 0 Å². The summed E-state index contributed by atoms with van der Waals surface area (Å²) in [4.78, 5) is 0. The van der Waals surface area contributed by atoms with Crippen molar-refractivity contribution in [1.82, 2.24) is 0 Å². The molecule has 108 valence electrons. The van der Waals surface area contributed by atoms with Crippen LogP contribution >= 0.6 is 28.6 Å². The molecule has 19 heavy (non-hydrogen) atoms. The van der Waals surface area contributed by atoms with E-state index in [1.54, 1.807) is 0 Å². The molecule has 0 atom stereocenters. The van der Waals surface area contributed by atoms with Crippen molar-refractivity contribution >= 4 is 28.6 Å². The van der Waals surface area contributed by atoms with Gasteiger partial charge in [-0.1, -0.05) is 59.7 Å². The number of hydrogen-bond acceptors (Lipinski definition) is 2. The van der Waals surface area contributed by atoms with Gasteiger partial charge in [0.05, 0.1) is 0 Å². The van der Waals surface area contributed by atoms with Crippen molar-refractivity contribution < 1.29 is 9.09 Å². The molecule has 1 aromatic carbocycles. The Morgan fingerprint density at radius 1 is 0.947 bits per heavy atom. The molecule has 5 heteroatoms. The molecule has 0 bridgehead atoms. The molecule has 0 amide bonds. The molecule has 0 saturated heterocycles. The highest BCUT2D eigenvalue weighted by atomic mass is 35.9. The van der Waals surface area contributed by atoms with Crippen molar-refractivity contribution in [3.8, 4) is 5.75 Å². The Balaban J connectivity index is 3.55. The van der Waals surface area contributed by atoms with E-state index in [0.717, 1.165) is 11.1 Å². The molecule has 0 heterocycles. The van der Waals surface area contributed by atoms with Crippen LogP contribution in [0.4, 0.5) is 0 Å². The summed E-state index contributed by atoms with van der Waals surface area (Å²) in [7, 11) is 0. The van der Waals surface area contributed by atoms with Crippen LogP contribution < -0.4 is 4.52 Å². The SMILES string of the molecule is CC(C)(C)c1cccc(C(C)(C)C)c1OP(=O)(Cl)Cl. The first-order chi connectivity index (χ1) is 8.32. The number of rotatable bonds is 2. The fraction of sp³-hybridized carbons (Fsp3) is 0.571. The number of hydrogen-bond donors (Lipinski definition) is 0. The first-order valence-electron chi connectivity index (χ1n) is 6.15. The quantitative estimate of drug-likeness (QED) is 0.602. The highest BCUT2D eigenvalue weighted by Crippen LogP contribution is 2.59. The van der Waals surface area contributed by atoms with Gasteiger partial charge in [-0.05, 0) is 10.8 Å². The maximum Gasteiger partial charge on any atom is 0.428 e. The fourth-order valence-corrected chi connectivity index (χ4v) is 2.75. The molecular formula is C14H21Cl2O2P. The van der Waals surface area contributed by atoms with E-state index < -0.39 is 6.07 Å². The van der Waals surface area contributed by atoms with Gasteiger partial charge in [-0.25, -0.2) is 4.57 Å². The van der Waals surface area contributed by atoms with E-state index in [4.69, 9.17) is 27.0 Å². The predicted molar refractivity (Wildman–Crippen MR) is 83.8 cm³/mol. The van der Waals surface area contributed by atoms with Crippen LogP contribution in [-0.2, 0) is 15.4 Å². The van der Waals surface area contributed by atoms with Gasteiger partial charge in [0, 0.05) is 33.6 Å². The zero-order valence-electron chi connectivity index (χ0n) is 12.3. The molecule has 0 spiro atoms. The van der Waals surface area contributed by atoms with Crippen LogP contribution in [0.5, 0.6) is 5.75 Å². The van der Waals surface area contributed by atoms with Gasteiger partial charge in [-0.15, -0.1) is 0 Å². The molecule has 0 saturated carbocycles.